The first-order valence-corrected chi connectivity index (χ1v) is 4.20. The summed E-state index contributed by atoms with van der Waals surface area (Å²) < 4.78 is 2.80. The van der Waals surface area contributed by atoms with Gasteiger partial charge in [-0.25, -0.2) is 9.48 Å². The molecule has 0 N–H and O–H groups in total. The van der Waals surface area contributed by atoms with Crippen LogP contribution >= 0.6 is 0 Å². The Kier molecular flexibility index (Phi) is 1.92. The summed E-state index contributed by atoms with van der Waals surface area (Å²) in [5, 5.41) is 4.11. The molecule has 0 aliphatic rings. The van der Waals surface area contributed by atoms with Gasteiger partial charge in [0.25, 0.3) is 0 Å². The van der Waals surface area contributed by atoms with Crippen LogP contribution in [-0.4, -0.2) is 19.3 Å². The van der Waals surface area contributed by atoms with Crippen LogP contribution in [0.2, 0.25) is 0 Å². The molecule has 5 heteroatoms. The van der Waals surface area contributed by atoms with Crippen LogP contribution in [0.1, 0.15) is 0 Å². The number of rotatable bonds is 1. The molecule has 2 rings (SSSR count). The van der Waals surface area contributed by atoms with Crippen LogP contribution in [0.3, 0.4) is 0 Å². The Labute approximate surface area is 80.6 Å². The molecule has 0 spiro atoms. The molecular formula is C9H10N4O. The number of aryl methyl sites for hydroxylation is 1. The van der Waals surface area contributed by atoms with Crippen LogP contribution in [0.25, 0.3) is 11.4 Å². The van der Waals surface area contributed by atoms with Crippen molar-refractivity contribution < 1.29 is 0 Å². The van der Waals surface area contributed by atoms with Gasteiger partial charge in [-0.1, -0.05) is 0 Å². The fraction of sp³-hybridized carbons (Fsp3) is 0.222. The van der Waals surface area contributed by atoms with E-state index in [4.69, 9.17) is 0 Å². The number of pyridine rings is 1. The van der Waals surface area contributed by atoms with E-state index >= 15 is 0 Å². The molecule has 0 aliphatic carbocycles. The van der Waals surface area contributed by atoms with Crippen molar-refractivity contribution in [2.75, 3.05) is 0 Å². The van der Waals surface area contributed by atoms with Crippen LogP contribution in [0.15, 0.2) is 29.3 Å². The van der Waals surface area contributed by atoms with Gasteiger partial charge in [0.2, 0.25) is 0 Å². The summed E-state index contributed by atoms with van der Waals surface area (Å²) >= 11 is 0. The quantitative estimate of drug-likeness (QED) is 0.644. The van der Waals surface area contributed by atoms with Gasteiger partial charge in [0.05, 0.1) is 0 Å². The summed E-state index contributed by atoms with van der Waals surface area (Å²) in [6, 6.07) is 3.68. The highest BCUT2D eigenvalue weighted by atomic mass is 16.2. The van der Waals surface area contributed by atoms with E-state index in [1.165, 1.54) is 9.25 Å². The SMILES string of the molecule is Cn1nc(-c2cccnc2)n(C)c1=O. The zero-order valence-electron chi connectivity index (χ0n) is 8.01. The van der Waals surface area contributed by atoms with Gasteiger partial charge in [-0.2, -0.15) is 0 Å². The van der Waals surface area contributed by atoms with Gasteiger partial charge in [-0.15, -0.1) is 5.10 Å². The maximum absolute atomic E-state index is 11.4. The van der Waals surface area contributed by atoms with Gasteiger partial charge in [0.15, 0.2) is 5.82 Å². The van der Waals surface area contributed by atoms with Gasteiger partial charge in [-0.05, 0) is 12.1 Å². The second kappa shape index (κ2) is 3.10. The first-order chi connectivity index (χ1) is 6.70. The van der Waals surface area contributed by atoms with Crippen molar-refractivity contribution >= 4 is 0 Å². The monoisotopic (exact) mass is 190 g/mol. The summed E-state index contributed by atoms with van der Waals surface area (Å²) in [5.41, 5.74) is 0.705. The van der Waals surface area contributed by atoms with Crippen LogP contribution in [0.5, 0.6) is 0 Å². The van der Waals surface area contributed by atoms with Crippen LogP contribution in [0, 0.1) is 0 Å². The minimum absolute atomic E-state index is 0.135. The third kappa shape index (κ3) is 1.22. The maximum Gasteiger partial charge on any atom is 0.345 e. The Morgan fingerprint density at radius 2 is 2.14 bits per heavy atom. The van der Waals surface area contributed by atoms with Crippen molar-refractivity contribution in [3.8, 4) is 11.4 Å². The Morgan fingerprint density at radius 1 is 1.36 bits per heavy atom. The van der Waals surface area contributed by atoms with E-state index in [1.54, 1.807) is 26.5 Å². The summed E-state index contributed by atoms with van der Waals surface area (Å²) in [4.78, 5) is 15.4. The summed E-state index contributed by atoms with van der Waals surface area (Å²) in [5.74, 6) is 0.630. The fourth-order valence-electron chi connectivity index (χ4n) is 1.31. The second-order valence-corrected chi connectivity index (χ2v) is 3.03. The van der Waals surface area contributed by atoms with E-state index in [0.29, 0.717) is 5.82 Å². The molecule has 0 aromatic carbocycles. The predicted molar refractivity (Wildman–Crippen MR) is 51.7 cm³/mol. The van der Waals surface area contributed by atoms with Gasteiger partial charge in [0.1, 0.15) is 0 Å². The van der Waals surface area contributed by atoms with Crippen molar-refractivity contribution in [1.29, 1.82) is 0 Å². The predicted octanol–water partition coefficient (Wildman–Crippen LogP) is 0.181. The molecule has 2 aromatic heterocycles. The van der Waals surface area contributed by atoms with E-state index < -0.39 is 0 Å². The molecular weight excluding hydrogens is 180 g/mol. The van der Waals surface area contributed by atoms with Crippen molar-refractivity contribution in [2.45, 2.75) is 0 Å². The summed E-state index contributed by atoms with van der Waals surface area (Å²) in [7, 11) is 3.32. The number of nitrogens with zero attached hydrogens (tertiary/aromatic N) is 4. The Balaban J connectivity index is 2.64. The van der Waals surface area contributed by atoms with Crippen molar-refractivity contribution in [2.24, 2.45) is 14.1 Å². The topological polar surface area (TPSA) is 52.7 Å². The molecule has 2 aromatic rings. The standard InChI is InChI=1S/C9H10N4O/c1-12-8(11-13(2)9(12)14)7-4-3-5-10-6-7/h3-6H,1-2H3. The highest BCUT2D eigenvalue weighted by Crippen LogP contribution is 2.11. The minimum Gasteiger partial charge on any atom is -0.278 e. The van der Waals surface area contributed by atoms with Crippen LogP contribution in [-0.2, 0) is 14.1 Å². The summed E-state index contributed by atoms with van der Waals surface area (Å²) in [6.07, 6.45) is 3.37. The molecule has 0 amide bonds. The summed E-state index contributed by atoms with van der Waals surface area (Å²) in [6.45, 7) is 0. The average molecular weight is 190 g/mol. The Hall–Kier alpha value is -1.91. The number of hydrogen-bond acceptors (Lipinski definition) is 3. The third-order valence-corrected chi connectivity index (χ3v) is 2.05. The van der Waals surface area contributed by atoms with Gasteiger partial charge < -0.3 is 0 Å². The van der Waals surface area contributed by atoms with Gasteiger partial charge in [0, 0.05) is 32.1 Å². The molecule has 5 nitrogen and oxygen atoms in total. The van der Waals surface area contributed by atoms with Crippen LogP contribution < -0.4 is 5.69 Å². The van der Waals surface area contributed by atoms with E-state index in [1.807, 2.05) is 12.1 Å². The minimum atomic E-state index is -0.135. The molecule has 0 saturated heterocycles. The third-order valence-electron chi connectivity index (χ3n) is 2.05. The first kappa shape index (κ1) is 8.68. The lowest BCUT2D eigenvalue weighted by Gasteiger charge is -1.96. The van der Waals surface area contributed by atoms with E-state index in [-0.39, 0.29) is 5.69 Å². The molecule has 14 heavy (non-hydrogen) atoms. The average Bonchev–Trinajstić information content (AvgIpc) is 2.47. The van der Waals surface area contributed by atoms with Crippen molar-refractivity contribution in [3.63, 3.8) is 0 Å². The molecule has 0 fully saturated rings. The molecule has 2 heterocycles. The van der Waals surface area contributed by atoms with Gasteiger partial charge >= 0.3 is 5.69 Å². The highest BCUT2D eigenvalue weighted by molar-refractivity contribution is 5.52. The lowest BCUT2D eigenvalue weighted by Crippen LogP contribution is -2.20. The molecule has 0 radical (unpaired) electrons. The molecule has 0 saturated carbocycles. The lowest BCUT2D eigenvalue weighted by molar-refractivity contribution is 0.714. The molecule has 0 bridgehead atoms. The first-order valence-electron chi connectivity index (χ1n) is 4.20. The smallest absolute Gasteiger partial charge is 0.278 e. The highest BCUT2D eigenvalue weighted by Gasteiger charge is 2.08. The molecule has 72 valence electrons. The second-order valence-electron chi connectivity index (χ2n) is 3.03. The Bertz CT molecular complexity index is 497. The van der Waals surface area contributed by atoms with Crippen LogP contribution in [0.4, 0.5) is 0 Å². The van der Waals surface area contributed by atoms with E-state index in [0.717, 1.165) is 5.56 Å². The Morgan fingerprint density at radius 3 is 2.64 bits per heavy atom. The zero-order valence-corrected chi connectivity index (χ0v) is 8.01. The van der Waals surface area contributed by atoms with E-state index in [2.05, 4.69) is 10.1 Å². The molecule has 0 unspecified atom stereocenters. The largest absolute Gasteiger partial charge is 0.345 e. The number of aromatic nitrogens is 4. The van der Waals surface area contributed by atoms with Gasteiger partial charge in [-0.3, -0.25) is 9.55 Å². The normalized spacial score (nSPS) is 10.4. The molecule has 0 aliphatic heterocycles. The fourth-order valence-corrected chi connectivity index (χ4v) is 1.31. The van der Waals surface area contributed by atoms with Crippen molar-refractivity contribution in [1.82, 2.24) is 19.3 Å². The van der Waals surface area contributed by atoms with Crippen molar-refractivity contribution in [3.05, 3.63) is 35.0 Å². The van der Waals surface area contributed by atoms with E-state index in [9.17, 15) is 4.79 Å². The number of hydrogen-bond donors (Lipinski definition) is 0. The maximum atomic E-state index is 11.4. The zero-order chi connectivity index (χ0) is 10.1. The lowest BCUT2D eigenvalue weighted by atomic mass is 10.3. The molecule has 0 atom stereocenters.